The Morgan fingerprint density at radius 2 is 2.20 bits per heavy atom. The summed E-state index contributed by atoms with van der Waals surface area (Å²) in [4.78, 5) is 0. The fourth-order valence-electron chi connectivity index (χ4n) is 1.48. The molecule has 0 bridgehead atoms. The summed E-state index contributed by atoms with van der Waals surface area (Å²) in [6.07, 6.45) is 0.616. The van der Waals surface area contributed by atoms with E-state index in [1.807, 2.05) is 13.8 Å². The van der Waals surface area contributed by atoms with E-state index in [0.29, 0.717) is 12.2 Å². The fourth-order valence-corrected chi connectivity index (χ4v) is 1.95. The van der Waals surface area contributed by atoms with Gasteiger partial charge in [-0.3, -0.25) is 0 Å². The summed E-state index contributed by atoms with van der Waals surface area (Å²) in [6.45, 7) is 3.86. The van der Waals surface area contributed by atoms with Gasteiger partial charge in [-0.2, -0.15) is 0 Å². The van der Waals surface area contributed by atoms with Crippen LogP contribution in [0.2, 0.25) is 0 Å². The van der Waals surface area contributed by atoms with Crippen LogP contribution in [0.1, 0.15) is 18.1 Å². The molecule has 0 amide bonds. The van der Waals surface area contributed by atoms with E-state index in [4.69, 9.17) is 10.5 Å². The Labute approximate surface area is 98.4 Å². The van der Waals surface area contributed by atoms with E-state index >= 15 is 0 Å². The Bertz CT molecular complexity index is 364. The molecule has 15 heavy (non-hydrogen) atoms. The molecule has 1 aromatic carbocycles. The molecule has 1 aromatic rings. The molecule has 84 valence electrons. The Kier molecular flexibility index (Phi) is 3.99. The van der Waals surface area contributed by atoms with Crippen molar-refractivity contribution in [2.45, 2.75) is 26.3 Å². The number of hydrogen-bond donors (Lipinski definition) is 2. The number of benzene rings is 1. The lowest BCUT2D eigenvalue weighted by molar-refractivity contribution is 0.369. The molecular weight excluding hydrogens is 258 g/mol. The SMILES string of the molecule is COc1cc(C)c(Br)c(CC(C)N)c1O. The number of hydrogen-bond acceptors (Lipinski definition) is 3. The first-order chi connectivity index (χ1) is 6.97. The van der Waals surface area contributed by atoms with Crippen molar-refractivity contribution in [3.8, 4) is 11.5 Å². The van der Waals surface area contributed by atoms with E-state index in [1.165, 1.54) is 7.11 Å². The fraction of sp³-hybridized carbons (Fsp3) is 0.455. The minimum Gasteiger partial charge on any atom is -0.504 e. The number of ether oxygens (including phenoxy) is 1. The standard InChI is InChI=1S/C11H16BrNO2/c1-6-4-9(15-3)11(14)8(10(6)12)5-7(2)13/h4,7,14H,5,13H2,1-3H3. The Balaban J connectivity index is 3.27. The summed E-state index contributed by atoms with van der Waals surface area (Å²) < 4.78 is 5.99. The van der Waals surface area contributed by atoms with Crippen LogP contribution in [0.25, 0.3) is 0 Å². The quantitative estimate of drug-likeness (QED) is 0.889. The van der Waals surface area contributed by atoms with Gasteiger partial charge in [0.25, 0.3) is 0 Å². The number of methoxy groups -OCH3 is 1. The highest BCUT2D eigenvalue weighted by Gasteiger charge is 2.15. The lowest BCUT2D eigenvalue weighted by Gasteiger charge is -2.15. The van der Waals surface area contributed by atoms with Gasteiger partial charge in [-0.15, -0.1) is 0 Å². The maximum atomic E-state index is 9.93. The molecule has 0 saturated carbocycles. The van der Waals surface area contributed by atoms with E-state index in [1.54, 1.807) is 6.07 Å². The Morgan fingerprint density at radius 3 is 2.67 bits per heavy atom. The van der Waals surface area contributed by atoms with Gasteiger partial charge in [0.1, 0.15) is 0 Å². The molecule has 1 unspecified atom stereocenters. The first-order valence-electron chi connectivity index (χ1n) is 4.77. The van der Waals surface area contributed by atoms with Crippen LogP contribution in [0.4, 0.5) is 0 Å². The molecule has 0 saturated heterocycles. The van der Waals surface area contributed by atoms with Gasteiger partial charge in [-0.05, 0) is 31.9 Å². The van der Waals surface area contributed by atoms with Gasteiger partial charge in [0.15, 0.2) is 11.5 Å². The van der Waals surface area contributed by atoms with Gasteiger partial charge < -0.3 is 15.6 Å². The monoisotopic (exact) mass is 273 g/mol. The second-order valence-electron chi connectivity index (χ2n) is 3.72. The summed E-state index contributed by atoms with van der Waals surface area (Å²) in [5, 5.41) is 9.93. The van der Waals surface area contributed by atoms with Crippen LogP contribution in [0.3, 0.4) is 0 Å². The highest BCUT2D eigenvalue weighted by molar-refractivity contribution is 9.10. The normalized spacial score (nSPS) is 12.6. The molecular formula is C11H16BrNO2. The third kappa shape index (κ3) is 2.63. The minimum atomic E-state index is -0.00120. The average molecular weight is 274 g/mol. The zero-order valence-corrected chi connectivity index (χ0v) is 10.8. The summed E-state index contributed by atoms with van der Waals surface area (Å²) >= 11 is 3.45. The molecule has 4 heteroatoms. The summed E-state index contributed by atoms with van der Waals surface area (Å²) in [6, 6.07) is 1.79. The number of rotatable bonds is 3. The van der Waals surface area contributed by atoms with Gasteiger partial charge in [0, 0.05) is 16.1 Å². The molecule has 1 rings (SSSR count). The Hall–Kier alpha value is -0.740. The van der Waals surface area contributed by atoms with E-state index < -0.39 is 0 Å². The second-order valence-corrected chi connectivity index (χ2v) is 4.51. The van der Waals surface area contributed by atoms with Crippen molar-refractivity contribution in [3.63, 3.8) is 0 Å². The lowest BCUT2D eigenvalue weighted by atomic mass is 10.0. The third-order valence-electron chi connectivity index (χ3n) is 2.22. The van der Waals surface area contributed by atoms with Gasteiger partial charge >= 0.3 is 0 Å². The number of aryl methyl sites for hydroxylation is 1. The van der Waals surface area contributed by atoms with E-state index in [-0.39, 0.29) is 11.8 Å². The van der Waals surface area contributed by atoms with Crippen molar-refractivity contribution in [3.05, 3.63) is 21.7 Å². The lowest BCUT2D eigenvalue weighted by Crippen LogP contribution is -2.18. The predicted molar refractivity (Wildman–Crippen MR) is 64.4 cm³/mol. The minimum absolute atomic E-state index is 0.00120. The molecule has 3 nitrogen and oxygen atoms in total. The van der Waals surface area contributed by atoms with Crippen LogP contribution >= 0.6 is 15.9 Å². The van der Waals surface area contributed by atoms with Crippen LogP contribution in [0.15, 0.2) is 10.5 Å². The van der Waals surface area contributed by atoms with Gasteiger partial charge in [-0.1, -0.05) is 15.9 Å². The predicted octanol–water partition coefficient (Wildman–Crippen LogP) is 2.36. The smallest absolute Gasteiger partial charge is 0.162 e. The number of nitrogens with two attached hydrogens (primary N) is 1. The van der Waals surface area contributed by atoms with Crippen LogP contribution in [-0.2, 0) is 6.42 Å². The van der Waals surface area contributed by atoms with Crippen molar-refractivity contribution in [2.75, 3.05) is 7.11 Å². The second kappa shape index (κ2) is 4.86. The highest BCUT2D eigenvalue weighted by atomic mass is 79.9. The van der Waals surface area contributed by atoms with Crippen molar-refractivity contribution in [1.29, 1.82) is 0 Å². The Morgan fingerprint density at radius 1 is 1.60 bits per heavy atom. The van der Waals surface area contributed by atoms with Crippen molar-refractivity contribution >= 4 is 15.9 Å². The topological polar surface area (TPSA) is 55.5 Å². The first-order valence-corrected chi connectivity index (χ1v) is 5.57. The number of phenols is 1. The molecule has 1 atom stereocenters. The summed E-state index contributed by atoms with van der Waals surface area (Å²) in [7, 11) is 1.54. The molecule has 0 aromatic heterocycles. The first kappa shape index (κ1) is 12.3. The molecule has 0 aliphatic rings. The average Bonchev–Trinajstić information content (AvgIpc) is 2.18. The highest BCUT2D eigenvalue weighted by Crippen LogP contribution is 2.38. The number of halogens is 1. The van der Waals surface area contributed by atoms with E-state index in [0.717, 1.165) is 15.6 Å². The van der Waals surface area contributed by atoms with Crippen LogP contribution in [0, 0.1) is 6.92 Å². The molecule has 0 radical (unpaired) electrons. The van der Waals surface area contributed by atoms with Crippen LogP contribution in [-0.4, -0.2) is 18.3 Å². The third-order valence-corrected chi connectivity index (χ3v) is 3.33. The number of aromatic hydroxyl groups is 1. The molecule has 0 aliphatic carbocycles. The largest absolute Gasteiger partial charge is 0.504 e. The molecule has 0 aliphatic heterocycles. The van der Waals surface area contributed by atoms with Crippen molar-refractivity contribution in [1.82, 2.24) is 0 Å². The maximum Gasteiger partial charge on any atom is 0.162 e. The van der Waals surface area contributed by atoms with Crippen LogP contribution in [0.5, 0.6) is 11.5 Å². The molecule has 0 fully saturated rings. The van der Waals surface area contributed by atoms with Crippen molar-refractivity contribution < 1.29 is 9.84 Å². The van der Waals surface area contributed by atoms with Gasteiger partial charge in [0.05, 0.1) is 7.11 Å². The van der Waals surface area contributed by atoms with E-state index in [2.05, 4.69) is 15.9 Å². The van der Waals surface area contributed by atoms with Gasteiger partial charge in [-0.25, -0.2) is 0 Å². The molecule has 0 spiro atoms. The maximum absolute atomic E-state index is 9.93. The zero-order chi connectivity index (χ0) is 11.6. The zero-order valence-electron chi connectivity index (χ0n) is 9.17. The molecule has 3 N–H and O–H groups in total. The van der Waals surface area contributed by atoms with Gasteiger partial charge in [0.2, 0.25) is 0 Å². The van der Waals surface area contributed by atoms with Crippen molar-refractivity contribution in [2.24, 2.45) is 5.73 Å². The van der Waals surface area contributed by atoms with Crippen LogP contribution < -0.4 is 10.5 Å². The number of phenolic OH excluding ortho intramolecular Hbond substituents is 1. The molecule has 0 heterocycles. The summed E-state index contributed by atoms with van der Waals surface area (Å²) in [5.41, 5.74) is 7.57. The summed E-state index contributed by atoms with van der Waals surface area (Å²) in [5.74, 6) is 0.665. The van der Waals surface area contributed by atoms with E-state index in [9.17, 15) is 5.11 Å².